The molecule has 3 heterocycles. The molecule has 0 radical (unpaired) electrons. The third-order valence-electron chi connectivity index (χ3n) is 7.30. The minimum absolute atomic E-state index is 0.926. The fourth-order valence-corrected chi connectivity index (χ4v) is 5.13. The SMILES string of the molecule is c1cc2cc(c1)NCCNCCNCCNCCNc1cccc(c1)CN1CCNCCN(CCNCC1)C2. The summed E-state index contributed by atoms with van der Waals surface area (Å²) in [6, 6.07) is 17.8. The van der Waals surface area contributed by atoms with Gasteiger partial charge in [-0.05, 0) is 35.4 Å². The maximum atomic E-state index is 3.70. The van der Waals surface area contributed by atoms with E-state index in [9.17, 15) is 0 Å². The summed E-state index contributed by atoms with van der Waals surface area (Å²) in [7, 11) is 0. The van der Waals surface area contributed by atoms with Crippen LogP contribution in [0.2, 0.25) is 0 Å². The van der Waals surface area contributed by atoms with Crippen molar-refractivity contribution >= 4 is 11.4 Å². The van der Waals surface area contributed by atoms with Crippen LogP contribution in [0.25, 0.3) is 0 Å². The second-order valence-electron chi connectivity index (χ2n) is 10.6. The third kappa shape index (κ3) is 12.2. The van der Waals surface area contributed by atoms with Crippen molar-refractivity contribution in [3.05, 3.63) is 59.7 Å². The fraction of sp³-hybridized carbons (Fsp3) is 0.600. The van der Waals surface area contributed by atoms with Crippen molar-refractivity contribution in [2.24, 2.45) is 0 Å². The van der Waals surface area contributed by atoms with Crippen LogP contribution in [0.3, 0.4) is 0 Å². The van der Waals surface area contributed by atoms with Gasteiger partial charge < -0.3 is 37.2 Å². The predicted octanol–water partition coefficient (Wildman–Crippen LogP) is 0.790. The van der Waals surface area contributed by atoms with Crippen molar-refractivity contribution in [1.82, 2.24) is 36.4 Å². The van der Waals surface area contributed by atoms with Gasteiger partial charge in [0.15, 0.2) is 0 Å². The zero-order valence-electron chi connectivity index (χ0n) is 23.7. The van der Waals surface area contributed by atoms with Crippen LogP contribution < -0.4 is 37.2 Å². The molecule has 0 spiro atoms. The van der Waals surface area contributed by atoms with Gasteiger partial charge in [0.1, 0.15) is 0 Å². The van der Waals surface area contributed by atoms with E-state index in [0.717, 1.165) is 118 Å². The molecule has 0 atom stereocenters. The van der Waals surface area contributed by atoms with Crippen LogP contribution in [0, 0.1) is 0 Å². The number of hydrogen-bond donors (Lipinski definition) is 7. The Morgan fingerprint density at radius 1 is 0.410 bits per heavy atom. The number of anilines is 2. The Bertz CT molecular complexity index is 839. The Morgan fingerprint density at radius 3 is 1.18 bits per heavy atom. The van der Waals surface area contributed by atoms with E-state index in [2.05, 4.69) is 95.5 Å². The lowest BCUT2D eigenvalue weighted by molar-refractivity contribution is 0.233. The summed E-state index contributed by atoms with van der Waals surface area (Å²) >= 11 is 0. The molecule has 6 bridgehead atoms. The monoisotopic (exact) mass is 537 g/mol. The second kappa shape index (κ2) is 18.2. The molecule has 0 unspecified atom stereocenters. The first kappa shape index (κ1) is 29.7. The molecule has 0 aliphatic carbocycles. The van der Waals surface area contributed by atoms with Gasteiger partial charge in [0.25, 0.3) is 0 Å². The largest absolute Gasteiger partial charge is 0.384 e. The number of nitrogens with zero attached hydrogens (tertiary/aromatic N) is 2. The third-order valence-corrected chi connectivity index (χ3v) is 7.30. The molecule has 3 aliphatic rings. The number of benzene rings is 2. The first-order valence-corrected chi connectivity index (χ1v) is 15.0. The average molecular weight is 538 g/mol. The summed E-state index contributed by atoms with van der Waals surface area (Å²) in [4.78, 5) is 5.13. The molecular weight excluding hydrogens is 486 g/mol. The summed E-state index contributed by atoms with van der Waals surface area (Å²) in [6.07, 6.45) is 0. The van der Waals surface area contributed by atoms with E-state index in [1.54, 1.807) is 0 Å². The average Bonchev–Trinajstić information content (AvgIpc) is 2.94. The Morgan fingerprint density at radius 2 is 0.769 bits per heavy atom. The molecule has 0 aromatic heterocycles. The Balaban J connectivity index is 1.34. The molecule has 7 N–H and O–H groups in total. The van der Waals surface area contributed by atoms with Crippen LogP contribution >= 0.6 is 0 Å². The molecule has 39 heavy (non-hydrogen) atoms. The summed E-state index contributed by atoms with van der Waals surface area (Å²) in [5.74, 6) is 0. The van der Waals surface area contributed by atoms with Crippen LogP contribution in [0.5, 0.6) is 0 Å². The first-order chi connectivity index (χ1) is 19.3. The van der Waals surface area contributed by atoms with Gasteiger partial charge in [0.05, 0.1) is 0 Å². The number of hydrogen-bond acceptors (Lipinski definition) is 9. The normalized spacial score (nSPS) is 24.0. The molecule has 2 aromatic carbocycles. The first-order valence-electron chi connectivity index (χ1n) is 15.0. The van der Waals surface area contributed by atoms with Gasteiger partial charge in [-0.2, -0.15) is 0 Å². The Hall–Kier alpha value is -2.24. The lowest BCUT2D eigenvalue weighted by atomic mass is 10.1. The van der Waals surface area contributed by atoms with Crippen molar-refractivity contribution < 1.29 is 0 Å². The lowest BCUT2D eigenvalue weighted by Gasteiger charge is -2.27. The van der Waals surface area contributed by atoms with E-state index in [4.69, 9.17) is 0 Å². The van der Waals surface area contributed by atoms with Gasteiger partial charge in [-0.1, -0.05) is 24.3 Å². The topological polar surface area (TPSA) is 90.7 Å². The smallest absolute Gasteiger partial charge is 0.0343 e. The van der Waals surface area contributed by atoms with E-state index in [0.29, 0.717) is 0 Å². The van der Waals surface area contributed by atoms with E-state index in [1.807, 2.05) is 0 Å². The zero-order valence-corrected chi connectivity index (χ0v) is 23.7. The van der Waals surface area contributed by atoms with E-state index in [-0.39, 0.29) is 0 Å². The highest BCUT2D eigenvalue weighted by molar-refractivity contribution is 5.46. The van der Waals surface area contributed by atoms with Gasteiger partial charge in [-0.3, -0.25) is 9.80 Å². The van der Waals surface area contributed by atoms with Crippen LogP contribution in [0.4, 0.5) is 11.4 Å². The van der Waals surface area contributed by atoms with Crippen molar-refractivity contribution in [2.45, 2.75) is 13.1 Å². The molecule has 0 amide bonds. The summed E-state index contributed by atoms with van der Waals surface area (Å²) in [5, 5.41) is 25.1. The molecular formula is C30H51N9. The second-order valence-corrected chi connectivity index (χ2v) is 10.6. The molecule has 1 saturated heterocycles. The van der Waals surface area contributed by atoms with E-state index in [1.165, 1.54) is 22.5 Å². The Labute approximate surface area is 235 Å². The van der Waals surface area contributed by atoms with E-state index < -0.39 is 0 Å². The molecule has 9 nitrogen and oxygen atoms in total. The Kier molecular flexibility index (Phi) is 13.9. The highest BCUT2D eigenvalue weighted by Crippen LogP contribution is 2.14. The highest BCUT2D eigenvalue weighted by atomic mass is 15.2. The lowest BCUT2D eigenvalue weighted by Crippen LogP contribution is -2.42. The molecule has 9 heteroatoms. The van der Waals surface area contributed by atoms with Crippen LogP contribution in [-0.2, 0) is 13.1 Å². The van der Waals surface area contributed by atoms with Gasteiger partial charge in [-0.15, -0.1) is 0 Å². The minimum Gasteiger partial charge on any atom is -0.384 e. The minimum atomic E-state index is 0.926. The fourth-order valence-electron chi connectivity index (χ4n) is 5.13. The van der Waals surface area contributed by atoms with Crippen molar-refractivity contribution in [1.29, 1.82) is 0 Å². The predicted molar refractivity (Wildman–Crippen MR) is 165 cm³/mol. The quantitative estimate of drug-likeness (QED) is 0.247. The summed E-state index contributed by atoms with van der Waals surface area (Å²) in [5.41, 5.74) is 5.15. The van der Waals surface area contributed by atoms with Crippen molar-refractivity contribution in [3.63, 3.8) is 0 Å². The van der Waals surface area contributed by atoms with Crippen molar-refractivity contribution in [3.8, 4) is 0 Å². The molecule has 5 rings (SSSR count). The number of nitrogens with one attached hydrogen (secondary N) is 7. The molecule has 216 valence electrons. The summed E-state index contributed by atoms with van der Waals surface area (Å²) in [6.45, 7) is 17.9. The van der Waals surface area contributed by atoms with Gasteiger partial charge in [-0.25, -0.2) is 0 Å². The zero-order chi connectivity index (χ0) is 26.8. The van der Waals surface area contributed by atoms with Crippen LogP contribution in [0.1, 0.15) is 11.1 Å². The summed E-state index contributed by atoms with van der Waals surface area (Å²) < 4.78 is 0. The van der Waals surface area contributed by atoms with Crippen molar-refractivity contribution in [2.75, 3.05) is 115 Å². The highest BCUT2D eigenvalue weighted by Gasteiger charge is 2.11. The molecule has 3 aliphatic heterocycles. The van der Waals surface area contributed by atoms with Crippen LogP contribution in [-0.4, -0.2) is 115 Å². The molecule has 1 fully saturated rings. The maximum Gasteiger partial charge on any atom is 0.0343 e. The van der Waals surface area contributed by atoms with Gasteiger partial charge in [0.2, 0.25) is 0 Å². The number of rotatable bonds is 0. The molecule has 2 aromatic rings. The van der Waals surface area contributed by atoms with E-state index >= 15 is 0 Å². The van der Waals surface area contributed by atoms with Gasteiger partial charge >= 0.3 is 0 Å². The van der Waals surface area contributed by atoms with Gasteiger partial charge in [0, 0.05) is 129 Å². The van der Waals surface area contributed by atoms with Crippen LogP contribution in [0.15, 0.2) is 48.5 Å². The standard InChI is InChI=1S/C30H51N9/c1-3-27-23-29(5-1)36-13-11-32-9-7-31-8-10-33-12-14-37-30-6-2-4-28(24-30)26-39-21-17-34-15-19-38(25-27)20-16-35-18-22-39/h1-6,23-24,31-37H,7-22,25-26H2. The molecule has 0 saturated carbocycles. The number of fused-ring (bicyclic) bond motifs is 20. The maximum absolute atomic E-state index is 3.70.